The van der Waals surface area contributed by atoms with Crippen molar-refractivity contribution >= 4 is 17.3 Å². The van der Waals surface area contributed by atoms with Crippen LogP contribution in [0.25, 0.3) is 5.69 Å². The van der Waals surface area contributed by atoms with Crippen LogP contribution in [0.2, 0.25) is 0 Å². The van der Waals surface area contributed by atoms with Crippen molar-refractivity contribution in [2.45, 2.75) is 25.8 Å². The largest absolute Gasteiger partial charge is 0.368 e. The van der Waals surface area contributed by atoms with Crippen LogP contribution >= 0.6 is 0 Å². The summed E-state index contributed by atoms with van der Waals surface area (Å²) < 4.78 is 28.3. The molecule has 0 unspecified atom stereocenters. The van der Waals surface area contributed by atoms with Crippen LogP contribution in [-0.4, -0.2) is 51.9 Å². The van der Waals surface area contributed by atoms with Gasteiger partial charge in [-0.2, -0.15) is 4.98 Å². The average molecular weight is 412 g/mol. The van der Waals surface area contributed by atoms with E-state index in [9.17, 15) is 8.78 Å². The van der Waals surface area contributed by atoms with E-state index in [4.69, 9.17) is 0 Å². The highest BCUT2D eigenvalue weighted by Gasteiger charge is 2.33. The van der Waals surface area contributed by atoms with Gasteiger partial charge in [-0.15, -0.1) is 5.10 Å². The van der Waals surface area contributed by atoms with E-state index in [1.165, 1.54) is 54.8 Å². The molecule has 6 nitrogen and oxygen atoms in total. The molecule has 2 saturated heterocycles. The molecule has 2 fully saturated rings. The molecule has 1 aromatic heterocycles. The predicted molar refractivity (Wildman–Crippen MR) is 115 cm³/mol. The minimum atomic E-state index is -0.653. The van der Waals surface area contributed by atoms with Crippen molar-refractivity contribution in [3.05, 3.63) is 59.9 Å². The number of nitrogens with one attached hydrogen (secondary N) is 1. The van der Waals surface area contributed by atoms with Crippen LogP contribution in [0.3, 0.4) is 0 Å². The second-order valence-electron chi connectivity index (χ2n) is 8.12. The quantitative estimate of drug-likeness (QED) is 0.683. The van der Waals surface area contributed by atoms with Gasteiger partial charge in [0.25, 0.3) is 0 Å². The number of benzene rings is 2. The van der Waals surface area contributed by atoms with Crippen LogP contribution in [0, 0.1) is 18.6 Å². The Morgan fingerprint density at radius 3 is 2.43 bits per heavy atom. The number of halogens is 2. The van der Waals surface area contributed by atoms with Gasteiger partial charge in [-0.3, -0.25) is 4.90 Å². The Balaban J connectivity index is 0.00000231. The Morgan fingerprint density at radius 1 is 0.967 bits per heavy atom. The highest BCUT2D eigenvalue weighted by atomic mass is 19.1. The maximum atomic E-state index is 13.5. The van der Waals surface area contributed by atoms with E-state index in [0.717, 1.165) is 30.4 Å². The van der Waals surface area contributed by atoms with Gasteiger partial charge in [-0.25, -0.2) is 13.5 Å². The first-order valence-corrected chi connectivity index (χ1v) is 10.3. The zero-order valence-electron chi connectivity index (χ0n) is 16.9. The van der Waals surface area contributed by atoms with Gasteiger partial charge in [0.2, 0.25) is 5.95 Å². The van der Waals surface area contributed by atoms with Crippen molar-refractivity contribution in [3.8, 4) is 5.69 Å². The molecule has 0 spiro atoms. The van der Waals surface area contributed by atoms with Gasteiger partial charge in [-0.05, 0) is 68.8 Å². The molecule has 2 aliphatic rings. The summed E-state index contributed by atoms with van der Waals surface area (Å²) in [6.45, 7) is 6.63. The molecular formula is C22H26F2N6. The van der Waals surface area contributed by atoms with Crippen molar-refractivity contribution in [2.24, 2.45) is 0 Å². The first-order valence-electron chi connectivity index (χ1n) is 10.3. The van der Waals surface area contributed by atoms with Gasteiger partial charge in [0, 0.05) is 38.0 Å². The van der Waals surface area contributed by atoms with E-state index in [-0.39, 0.29) is 7.11 Å². The summed E-state index contributed by atoms with van der Waals surface area (Å²) in [6.07, 6.45) is 4.07. The van der Waals surface area contributed by atoms with Crippen LogP contribution in [-0.2, 0) is 0 Å². The van der Waals surface area contributed by atoms with E-state index in [0.29, 0.717) is 12.0 Å². The molecule has 3 heterocycles. The minimum absolute atomic E-state index is 0. The van der Waals surface area contributed by atoms with E-state index >= 15 is 0 Å². The summed E-state index contributed by atoms with van der Waals surface area (Å²) in [5.74, 6) is -0.935. The number of aryl methyl sites for hydroxylation is 1. The molecule has 3 aromatic rings. The topological polar surface area (TPSA) is 49.2 Å². The highest BCUT2D eigenvalue weighted by Crippen LogP contribution is 2.30. The third kappa shape index (κ3) is 3.87. The lowest BCUT2D eigenvalue weighted by molar-refractivity contribution is 0.205. The van der Waals surface area contributed by atoms with Gasteiger partial charge < -0.3 is 10.2 Å². The van der Waals surface area contributed by atoms with Crippen LogP contribution in [0.4, 0.5) is 26.1 Å². The molecular weight excluding hydrogens is 386 g/mol. The number of rotatable bonds is 5. The van der Waals surface area contributed by atoms with Gasteiger partial charge in [0.15, 0.2) is 0 Å². The third-order valence-corrected chi connectivity index (χ3v) is 5.81. The van der Waals surface area contributed by atoms with Gasteiger partial charge in [0.05, 0.1) is 5.69 Å². The summed E-state index contributed by atoms with van der Waals surface area (Å²) in [7, 11) is 0. The normalized spacial score (nSPS) is 17.4. The van der Waals surface area contributed by atoms with Crippen LogP contribution < -0.4 is 10.2 Å². The maximum absolute atomic E-state index is 13.5. The molecule has 1 N–H and O–H groups in total. The summed E-state index contributed by atoms with van der Waals surface area (Å²) in [6, 6.07) is 10.2. The highest BCUT2D eigenvalue weighted by molar-refractivity contribution is 5.65. The molecule has 0 aliphatic carbocycles. The Hall–Kier alpha value is -3.00. The lowest BCUT2D eigenvalue weighted by Crippen LogP contribution is -2.58. The maximum Gasteiger partial charge on any atom is 0.246 e. The molecule has 0 radical (unpaired) electrons. The first kappa shape index (κ1) is 19.0. The zero-order chi connectivity index (χ0) is 20.7. The Kier molecular flexibility index (Phi) is 4.86. The second kappa shape index (κ2) is 7.68. The monoisotopic (exact) mass is 412 g/mol. The summed E-state index contributed by atoms with van der Waals surface area (Å²) >= 11 is 0. The van der Waals surface area contributed by atoms with E-state index in [1.54, 1.807) is 0 Å². The Morgan fingerprint density at radius 2 is 1.70 bits per heavy atom. The van der Waals surface area contributed by atoms with Crippen molar-refractivity contribution in [3.63, 3.8) is 0 Å². The molecule has 30 heavy (non-hydrogen) atoms. The number of likely N-dealkylation sites (tertiary alicyclic amines) is 1. The standard InChI is InChI=1S/C22H24F2N6.H2/c1-15-6-18(11-19(7-15)29-12-21(13-29)28-4-2-3-5-28)26-22-25-14-30(27-22)20-9-16(23)8-17(24)10-20;/h6-11,14,21H,2-5,12-13H2,1H3,(H,26,27);1H. The minimum Gasteiger partial charge on any atom is -0.368 e. The van der Waals surface area contributed by atoms with Gasteiger partial charge >= 0.3 is 0 Å². The van der Waals surface area contributed by atoms with Crippen molar-refractivity contribution in [2.75, 3.05) is 36.4 Å². The molecule has 2 aromatic carbocycles. The molecule has 0 saturated carbocycles. The van der Waals surface area contributed by atoms with E-state index < -0.39 is 11.6 Å². The molecule has 2 aliphatic heterocycles. The molecule has 0 bridgehead atoms. The summed E-state index contributed by atoms with van der Waals surface area (Å²) in [5, 5.41) is 7.51. The SMILES string of the molecule is Cc1cc(Nc2ncn(-c3cc(F)cc(F)c3)n2)cc(N2CC(N3CCCC3)C2)c1.[HH]. The number of anilines is 3. The Labute approximate surface area is 175 Å². The smallest absolute Gasteiger partial charge is 0.246 e. The van der Waals surface area contributed by atoms with Gasteiger partial charge in [-0.1, -0.05) is 0 Å². The summed E-state index contributed by atoms with van der Waals surface area (Å²) in [4.78, 5) is 9.21. The van der Waals surface area contributed by atoms with Crippen LogP contribution in [0.15, 0.2) is 42.7 Å². The third-order valence-electron chi connectivity index (χ3n) is 5.81. The number of nitrogens with zero attached hydrogens (tertiary/aromatic N) is 5. The number of hydrogen-bond donors (Lipinski definition) is 1. The number of aromatic nitrogens is 3. The van der Waals surface area contributed by atoms with Gasteiger partial charge in [0.1, 0.15) is 18.0 Å². The van der Waals surface area contributed by atoms with E-state index in [2.05, 4.69) is 44.3 Å². The van der Waals surface area contributed by atoms with Crippen LogP contribution in [0.1, 0.15) is 19.8 Å². The lowest BCUT2D eigenvalue weighted by atomic mass is 10.0. The van der Waals surface area contributed by atoms with E-state index in [1.807, 2.05) is 6.07 Å². The second-order valence-corrected chi connectivity index (χ2v) is 8.12. The van der Waals surface area contributed by atoms with Crippen LogP contribution in [0.5, 0.6) is 0 Å². The fourth-order valence-corrected chi connectivity index (χ4v) is 4.27. The molecule has 0 amide bonds. The predicted octanol–water partition coefficient (Wildman–Crippen LogP) is 4.13. The molecule has 158 valence electrons. The average Bonchev–Trinajstić information content (AvgIpc) is 3.31. The molecule has 5 rings (SSSR count). The van der Waals surface area contributed by atoms with Crippen molar-refractivity contribution in [1.82, 2.24) is 19.7 Å². The molecule has 8 heteroatoms. The summed E-state index contributed by atoms with van der Waals surface area (Å²) in [5.41, 5.74) is 3.50. The van der Waals surface area contributed by atoms with Crippen molar-refractivity contribution in [1.29, 1.82) is 0 Å². The fraction of sp³-hybridized carbons (Fsp3) is 0.364. The first-order chi connectivity index (χ1) is 14.5. The fourth-order valence-electron chi connectivity index (χ4n) is 4.27. The number of hydrogen-bond acceptors (Lipinski definition) is 5. The zero-order valence-corrected chi connectivity index (χ0v) is 16.9. The molecule has 0 atom stereocenters. The Bertz CT molecular complexity index is 1040. The van der Waals surface area contributed by atoms with Crippen molar-refractivity contribution < 1.29 is 10.2 Å². The lowest BCUT2D eigenvalue weighted by Gasteiger charge is -2.45.